The number of hydrogen-bond acceptors (Lipinski definition) is 4. The molecule has 1 amide bonds. The second-order valence-corrected chi connectivity index (χ2v) is 2.96. The monoisotopic (exact) mass is 197 g/mol. The predicted molar refractivity (Wildman–Crippen MR) is 48.5 cm³/mol. The molecular weight excluding hydrogens is 190 g/mol. The first kappa shape index (κ1) is 9.50. The van der Waals surface area contributed by atoms with Gasteiger partial charge in [-0.05, 0) is 5.53 Å². The van der Waals surface area contributed by atoms with Crippen molar-refractivity contribution in [2.24, 2.45) is 5.11 Å². The molecule has 13 heavy (non-hydrogen) atoms. The zero-order valence-corrected chi connectivity index (χ0v) is 7.49. The molecule has 68 valence electrons. The zero-order valence-electron chi connectivity index (χ0n) is 6.67. The molecule has 0 saturated carbocycles. The molecule has 1 rings (SSSR count). The lowest BCUT2D eigenvalue weighted by Gasteiger charge is -1.98. The van der Waals surface area contributed by atoms with Crippen molar-refractivity contribution in [1.82, 2.24) is 10.3 Å². The SMILES string of the molecule is [N-]=[N+]=NCCNC(=O)c1cncs1. The van der Waals surface area contributed by atoms with Gasteiger partial charge in [0.2, 0.25) is 0 Å². The van der Waals surface area contributed by atoms with Crippen molar-refractivity contribution < 1.29 is 4.79 Å². The smallest absolute Gasteiger partial charge is 0.262 e. The van der Waals surface area contributed by atoms with Crippen molar-refractivity contribution in [2.45, 2.75) is 0 Å². The minimum Gasteiger partial charge on any atom is -0.351 e. The molecular formula is C6H7N5OS. The molecule has 0 bridgehead atoms. The number of nitrogens with zero attached hydrogens (tertiary/aromatic N) is 4. The first-order valence-electron chi connectivity index (χ1n) is 3.52. The lowest BCUT2D eigenvalue weighted by molar-refractivity contribution is 0.0958. The van der Waals surface area contributed by atoms with Crippen LogP contribution in [0.5, 0.6) is 0 Å². The van der Waals surface area contributed by atoms with Gasteiger partial charge in [0.15, 0.2) is 0 Å². The Kier molecular flexibility index (Phi) is 3.74. The van der Waals surface area contributed by atoms with Gasteiger partial charge in [0.05, 0.1) is 11.7 Å². The van der Waals surface area contributed by atoms with Crippen LogP contribution < -0.4 is 5.32 Å². The van der Waals surface area contributed by atoms with E-state index in [0.717, 1.165) is 0 Å². The first-order chi connectivity index (χ1) is 6.34. The second-order valence-electron chi connectivity index (χ2n) is 2.08. The van der Waals surface area contributed by atoms with E-state index in [1.165, 1.54) is 17.5 Å². The maximum Gasteiger partial charge on any atom is 0.262 e. The summed E-state index contributed by atoms with van der Waals surface area (Å²) in [6, 6.07) is 0. The Morgan fingerprint density at radius 1 is 1.85 bits per heavy atom. The number of nitrogens with one attached hydrogen (secondary N) is 1. The van der Waals surface area contributed by atoms with Crippen molar-refractivity contribution in [2.75, 3.05) is 13.1 Å². The Balaban J connectivity index is 2.30. The first-order valence-corrected chi connectivity index (χ1v) is 4.40. The third-order valence-electron chi connectivity index (χ3n) is 1.22. The van der Waals surface area contributed by atoms with E-state index in [2.05, 4.69) is 20.3 Å². The van der Waals surface area contributed by atoms with Crippen molar-refractivity contribution in [3.05, 3.63) is 27.0 Å². The fourth-order valence-electron chi connectivity index (χ4n) is 0.679. The summed E-state index contributed by atoms with van der Waals surface area (Å²) in [5, 5.41) is 5.87. The average Bonchev–Trinajstić information content (AvgIpc) is 2.65. The van der Waals surface area contributed by atoms with Crippen LogP contribution in [-0.2, 0) is 0 Å². The van der Waals surface area contributed by atoms with E-state index in [-0.39, 0.29) is 12.5 Å². The summed E-state index contributed by atoms with van der Waals surface area (Å²) in [7, 11) is 0. The number of azide groups is 1. The highest BCUT2D eigenvalue weighted by atomic mass is 32.1. The highest BCUT2D eigenvalue weighted by Crippen LogP contribution is 2.03. The van der Waals surface area contributed by atoms with E-state index >= 15 is 0 Å². The van der Waals surface area contributed by atoms with Crippen molar-refractivity contribution in [1.29, 1.82) is 0 Å². The van der Waals surface area contributed by atoms with Crippen LogP contribution in [-0.4, -0.2) is 24.0 Å². The van der Waals surface area contributed by atoms with E-state index in [4.69, 9.17) is 5.53 Å². The molecule has 0 aliphatic carbocycles. The molecule has 0 saturated heterocycles. The average molecular weight is 197 g/mol. The summed E-state index contributed by atoms with van der Waals surface area (Å²) in [6.07, 6.45) is 1.49. The van der Waals surface area contributed by atoms with Crippen LogP contribution in [0.2, 0.25) is 0 Å². The second kappa shape index (κ2) is 5.13. The Bertz CT molecular complexity index is 316. The van der Waals surface area contributed by atoms with Gasteiger partial charge in [0, 0.05) is 18.0 Å². The molecule has 0 aliphatic rings. The topological polar surface area (TPSA) is 90.8 Å². The minimum absolute atomic E-state index is 0.185. The Labute approximate surface area is 78.2 Å². The largest absolute Gasteiger partial charge is 0.351 e. The highest BCUT2D eigenvalue weighted by molar-refractivity contribution is 7.11. The molecule has 0 fully saturated rings. The molecule has 0 atom stereocenters. The Morgan fingerprint density at radius 3 is 3.31 bits per heavy atom. The number of carbonyl (C=O) groups excluding carboxylic acids is 1. The standard InChI is InChI=1S/C6H7N5OS/c7-11-10-2-1-9-6(12)5-3-8-4-13-5/h3-4H,1-2H2,(H,9,12). The van der Waals surface area contributed by atoms with E-state index in [1.807, 2.05) is 0 Å². The van der Waals surface area contributed by atoms with Gasteiger partial charge in [0.1, 0.15) is 4.88 Å². The highest BCUT2D eigenvalue weighted by Gasteiger charge is 2.04. The lowest BCUT2D eigenvalue weighted by atomic mass is 10.5. The quantitative estimate of drug-likeness (QED) is 0.340. The maximum atomic E-state index is 11.2. The number of thiazole rings is 1. The van der Waals surface area contributed by atoms with Gasteiger partial charge in [-0.3, -0.25) is 9.78 Å². The molecule has 1 aromatic rings. The molecule has 1 N–H and O–H groups in total. The fourth-order valence-corrected chi connectivity index (χ4v) is 1.22. The van der Waals surface area contributed by atoms with Crippen LogP contribution >= 0.6 is 11.3 Å². The molecule has 0 spiro atoms. The Hall–Kier alpha value is -1.59. The number of amides is 1. The van der Waals surface area contributed by atoms with Crippen LogP contribution in [0.4, 0.5) is 0 Å². The normalized spacial score (nSPS) is 8.92. The van der Waals surface area contributed by atoms with Crippen LogP contribution in [0.25, 0.3) is 10.4 Å². The maximum absolute atomic E-state index is 11.2. The number of aromatic nitrogens is 1. The summed E-state index contributed by atoms with van der Waals surface area (Å²) in [4.78, 5) is 18.1. The van der Waals surface area contributed by atoms with Gasteiger partial charge in [0.25, 0.3) is 5.91 Å². The zero-order chi connectivity index (χ0) is 9.52. The van der Waals surface area contributed by atoms with Crippen LogP contribution in [0, 0.1) is 0 Å². The fraction of sp³-hybridized carbons (Fsp3) is 0.333. The van der Waals surface area contributed by atoms with Gasteiger partial charge >= 0.3 is 0 Å². The van der Waals surface area contributed by atoms with E-state index < -0.39 is 0 Å². The molecule has 1 aromatic heterocycles. The number of rotatable bonds is 4. The summed E-state index contributed by atoms with van der Waals surface area (Å²) in [5.74, 6) is -0.185. The van der Waals surface area contributed by atoms with E-state index in [9.17, 15) is 4.79 Å². The van der Waals surface area contributed by atoms with Crippen LogP contribution in [0.15, 0.2) is 16.8 Å². The van der Waals surface area contributed by atoms with Crippen molar-refractivity contribution >= 4 is 17.2 Å². The van der Waals surface area contributed by atoms with E-state index in [0.29, 0.717) is 11.4 Å². The molecule has 0 aliphatic heterocycles. The Morgan fingerprint density at radius 2 is 2.69 bits per heavy atom. The van der Waals surface area contributed by atoms with E-state index in [1.54, 1.807) is 5.51 Å². The van der Waals surface area contributed by atoms with Gasteiger partial charge in [-0.15, -0.1) is 11.3 Å². The molecule has 0 aromatic carbocycles. The van der Waals surface area contributed by atoms with Gasteiger partial charge in [-0.1, -0.05) is 5.11 Å². The lowest BCUT2D eigenvalue weighted by Crippen LogP contribution is -2.24. The van der Waals surface area contributed by atoms with Crippen LogP contribution in [0.1, 0.15) is 9.67 Å². The summed E-state index contributed by atoms with van der Waals surface area (Å²) in [5.41, 5.74) is 9.54. The molecule has 1 heterocycles. The number of carbonyl (C=O) groups is 1. The van der Waals surface area contributed by atoms with Gasteiger partial charge in [-0.2, -0.15) is 0 Å². The third-order valence-corrected chi connectivity index (χ3v) is 1.99. The van der Waals surface area contributed by atoms with Gasteiger partial charge < -0.3 is 5.32 Å². The summed E-state index contributed by atoms with van der Waals surface area (Å²) in [6.45, 7) is 0.613. The molecule has 0 radical (unpaired) electrons. The molecule has 6 nitrogen and oxygen atoms in total. The predicted octanol–water partition coefficient (Wildman–Crippen LogP) is 1.18. The van der Waals surface area contributed by atoms with Crippen molar-refractivity contribution in [3.8, 4) is 0 Å². The molecule has 7 heteroatoms. The van der Waals surface area contributed by atoms with Gasteiger partial charge in [-0.25, -0.2) is 0 Å². The number of hydrogen-bond donors (Lipinski definition) is 1. The summed E-state index contributed by atoms with van der Waals surface area (Å²) >= 11 is 1.27. The third kappa shape index (κ3) is 3.10. The molecule has 0 unspecified atom stereocenters. The van der Waals surface area contributed by atoms with Crippen molar-refractivity contribution in [3.63, 3.8) is 0 Å². The summed E-state index contributed by atoms with van der Waals surface area (Å²) < 4.78 is 0. The van der Waals surface area contributed by atoms with Crippen LogP contribution in [0.3, 0.4) is 0 Å². The minimum atomic E-state index is -0.185.